The zero-order valence-electron chi connectivity index (χ0n) is 23.2. The van der Waals surface area contributed by atoms with Gasteiger partial charge in [0.2, 0.25) is 13.6 Å². The average molecular weight is 585 g/mol. The summed E-state index contributed by atoms with van der Waals surface area (Å²) in [5, 5.41) is 0.599. The Morgan fingerprint density at radius 3 is 2.00 bits per heavy atom. The molecule has 0 saturated heterocycles. The summed E-state index contributed by atoms with van der Waals surface area (Å²) in [5.74, 6) is -0.441. The second kappa shape index (κ2) is 14.8. The van der Waals surface area contributed by atoms with Gasteiger partial charge in [-0.25, -0.2) is 4.79 Å². The van der Waals surface area contributed by atoms with Crippen LogP contribution < -0.4 is 5.69 Å². The summed E-state index contributed by atoms with van der Waals surface area (Å²) in [5.41, 5.74) is -0.902. The van der Waals surface area contributed by atoms with Gasteiger partial charge in [0.05, 0.1) is 24.0 Å². The molecule has 0 atom stereocenters. The van der Waals surface area contributed by atoms with Gasteiger partial charge in [-0.1, -0.05) is 30.3 Å². The minimum atomic E-state index is -4.00. The molecule has 0 aliphatic rings. The van der Waals surface area contributed by atoms with Crippen LogP contribution in [0.4, 0.5) is 0 Å². The quantitative estimate of drug-likeness (QED) is 0.0755. The fourth-order valence-corrected chi connectivity index (χ4v) is 4.41. The standard InChI is InChI=1S/C26H37N2O9PS/c1-25(2,3)22(29)34-17-36-38(32,37-18-35-23(30)26(4,5)6)19-33-15-14-28-13-12-21(27-24(28)31)39-16-20-10-8-7-9-11-20/h7-13H,14-19H2,1-6H3. The highest BCUT2D eigenvalue weighted by Gasteiger charge is 2.30. The fourth-order valence-electron chi connectivity index (χ4n) is 2.60. The predicted octanol–water partition coefficient (Wildman–Crippen LogP) is 4.83. The summed E-state index contributed by atoms with van der Waals surface area (Å²) in [7, 11) is -4.00. The Morgan fingerprint density at radius 2 is 1.49 bits per heavy atom. The maximum absolute atomic E-state index is 13.2. The summed E-state index contributed by atoms with van der Waals surface area (Å²) in [6.45, 7) is 8.78. The number of nitrogens with zero attached hydrogens (tertiary/aromatic N) is 2. The van der Waals surface area contributed by atoms with Gasteiger partial charge >= 0.3 is 25.2 Å². The lowest BCUT2D eigenvalue weighted by Gasteiger charge is -2.22. The van der Waals surface area contributed by atoms with Crippen LogP contribution in [-0.2, 0) is 49.7 Å². The summed E-state index contributed by atoms with van der Waals surface area (Å²) >= 11 is 1.45. The second-order valence-corrected chi connectivity index (χ2v) is 13.5. The van der Waals surface area contributed by atoms with E-state index in [0.717, 1.165) is 5.56 Å². The number of ether oxygens (including phenoxy) is 3. The minimum absolute atomic E-state index is 0.0155. The zero-order valence-corrected chi connectivity index (χ0v) is 24.9. The van der Waals surface area contributed by atoms with E-state index < -0.39 is 56.0 Å². The van der Waals surface area contributed by atoms with Gasteiger partial charge in [-0.05, 0) is 53.2 Å². The van der Waals surface area contributed by atoms with Gasteiger partial charge in [-0.3, -0.25) is 27.8 Å². The first-order valence-electron chi connectivity index (χ1n) is 12.2. The molecule has 13 heteroatoms. The van der Waals surface area contributed by atoms with Crippen molar-refractivity contribution in [1.82, 2.24) is 9.55 Å². The van der Waals surface area contributed by atoms with Crippen LogP contribution in [0, 0.1) is 10.8 Å². The van der Waals surface area contributed by atoms with Crippen molar-refractivity contribution in [2.24, 2.45) is 10.8 Å². The van der Waals surface area contributed by atoms with Crippen LogP contribution in [0.2, 0.25) is 0 Å². The third-order valence-corrected chi connectivity index (χ3v) is 7.40. The van der Waals surface area contributed by atoms with E-state index in [4.69, 9.17) is 23.3 Å². The van der Waals surface area contributed by atoms with E-state index in [-0.39, 0.29) is 13.2 Å². The van der Waals surface area contributed by atoms with Crippen molar-refractivity contribution >= 4 is 31.3 Å². The Hall–Kier alpha value is -2.50. The third kappa shape index (κ3) is 12.0. The van der Waals surface area contributed by atoms with Crippen molar-refractivity contribution in [3.05, 3.63) is 58.6 Å². The molecule has 2 rings (SSSR count). The van der Waals surface area contributed by atoms with Gasteiger partial charge in [-0.2, -0.15) is 4.98 Å². The predicted molar refractivity (Wildman–Crippen MR) is 146 cm³/mol. The van der Waals surface area contributed by atoms with Crippen molar-refractivity contribution < 1.29 is 37.4 Å². The molecule has 0 amide bonds. The molecular formula is C26H37N2O9PS. The SMILES string of the molecule is CC(C)(C)C(=O)OCOP(=O)(COCCn1ccc(SCc2ccccc2)nc1=O)OCOC(=O)C(C)(C)C. The normalized spacial score (nSPS) is 12.3. The van der Waals surface area contributed by atoms with Gasteiger partial charge in [0.15, 0.2) is 0 Å². The molecule has 0 unspecified atom stereocenters. The number of thioether (sulfide) groups is 1. The Bertz CT molecular complexity index is 1150. The molecule has 1 heterocycles. The molecule has 1 aromatic carbocycles. The number of rotatable bonds is 14. The molecule has 11 nitrogen and oxygen atoms in total. The van der Waals surface area contributed by atoms with E-state index in [1.54, 1.807) is 53.8 Å². The van der Waals surface area contributed by atoms with Crippen LogP contribution in [0.1, 0.15) is 47.1 Å². The lowest BCUT2D eigenvalue weighted by atomic mass is 9.98. The summed E-state index contributed by atoms with van der Waals surface area (Å²) in [6, 6.07) is 11.6. The largest absolute Gasteiger partial charge is 0.438 e. The minimum Gasteiger partial charge on any atom is -0.438 e. The van der Waals surface area contributed by atoms with E-state index in [2.05, 4.69) is 4.98 Å². The topological polar surface area (TPSA) is 132 Å². The number of hydrogen-bond acceptors (Lipinski definition) is 11. The van der Waals surface area contributed by atoms with E-state index >= 15 is 0 Å². The molecule has 0 aliphatic heterocycles. The van der Waals surface area contributed by atoms with E-state index in [1.807, 2.05) is 30.3 Å². The number of aromatic nitrogens is 2. The van der Waals surface area contributed by atoms with E-state index in [0.29, 0.717) is 10.8 Å². The Kier molecular flexibility index (Phi) is 12.4. The lowest BCUT2D eigenvalue weighted by Crippen LogP contribution is -2.25. The maximum Gasteiger partial charge on any atom is 0.361 e. The van der Waals surface area contributed by atoms with Gasteiger partial charge in [0.25, 0.3) is 0 Å². The smallest absolute Gasteiger partial charge is 0.361 e. The van der Waals surface area contributed by atoms with E-state index in [1.165, 1.54) is 16.3 Å². The van der Waals surface area contributed by atoms with Crippen LogP contribution >= 0.6 is 19.4 Å². The van der Waals surface area contributed by atoms with Crippen molar-refractivity contribution in [2.75, 3.05) is 26.5 Å². The highest BCUT2D eigenvalue weighted by Crippen LogP contribution is 2.48. The highest BCUT2D eigenvalue weighted by molar-refractivity contribution is 7.98. The molecule has 0 aliphatic carbocycles. The molecular weight excluding hydrogens is 547 g/mol. The number of hydrogen-bond donors (Lipinski definition) is 0. The van der Waals surface area contributed by atoms with E-state index in [9.17, 15) is 18.9 Å². The number of carbonyl (C=O) groups excluding carboxylic acids is 2. The number of benzene rings is 1. The van der Waals surface area contributed by atoms with Crippen LogP contribution in [0.25, 0.3) is 0 Å². The van der Waals surface area contributed by atoms with Crippen LogP contribution in [0.3, 0.4) is 0 Å². The molecule has 2 aromatic rings. The van der Waals surface area contributed by atoms with Crippen molar-refractivity contribution in [3.8, 4) is 0 Å². The first-order valence-corrected chi connectivity index (χ1v) is 15.0. The molecule has 0 N–H and O–H groups in total. The van der Waals surface area contributed by atoms with Gasteiger partial charge in [0.1, 0.15) is 11.4 Å². The van der Waals surface area contributed by atoms with Gasteiger partial charge in [-0.15, -0.1) is 11.8 Å². The van der Waals surface area contributed by atoms with Crippen molar-refractivity contribution in [2.45, 2.75) is 58.9 Å². The molecule has 0 fully saturated rings. The van der Waals surface area contributed by atoms with Crippen molar-refractivity contribution in [1.29, 1.82) is 0 Å². The Morgan fingerprint density at radius 1 is 0.923 bits per heavy atom. The lowest BCUT2D eigenvalue weighted by molar-refractivity contribution is -0.162. The third-order valence-electron chi connectivity index (χ3n) is 4.91. The molecule has 1 aromatic heterocycles. The fraction of sp³-hybridized carbons (Fsp3) is 0.538. The number of esters is 2. The monoisotopic (exact) mass is 584 g/mol. The molecule has 0 saturated carbocycles. The summed E-state index contributed by atoms with van der Waals surface area (Å²) in [4.78, 5) is 40.4. The average Bonchev–Trinajstić information content (AvgIpc) is 2.85. The van der Waals surface area contributed by atoms with Crippen LogP contribution in [0.15, 0.2) is 52.4 Å². The second-order valence-electron chi connectivity index (χ2n) is 10.5. The zero-order chi connectivity index (χ0) is 29.1. The maximum atomic E-state index is 13.2. The molecule has 0 spiro atoms. The molecule has 39 heavy (non-hydrogen) atoms. The number of carbonyl (C=O) groups is 2. The summed E-state index contributed by atoms with van der Waals surface area (Å²) < 4.78 is 40.4. The molecule has 0 radical (unpaired) electrons. The Balaban J connectivity index is 1.89. The van der Waals surface area contributed by atoms with Crippen molar-refractivity contribution in [3.63, 3.8) is 0 Å². The first-order chi connectivity index (χ1) is 18.2. The molecule has 216 valence electrons. The van der Waals surface area contributed by atoms with Gasteiger partial charge < -0.3 is 14.2 Å². The highest BCUT2D eigenvalue weighted by atomic mass is 32.2. The molecule has 0 bridgehead atoms. The first kappa shape index (κ1) is 32.7. The van der Waals surface area contributed by atoms with Crippen LogP contribution in [0.5, 0.6) is 0 Å². The Labute approximate surface area is 233 Å². The van der Waals surface area contributed by atoms with Gasteiger partial charge in [0, 0.05) is 11.9 Å². The summed E-state index contributed by atoms with van der Waals surface area (Å²) in [6.07, 6.45) is 1.08. The van der Waals surface area contributed by atoms with Crippen LogP contribution in [-0.4, -0.2) is 48.0 Å².